The Morgan fingerprint density at radius 3 is 2.46 bits per heavy atom. The Morgan fingerprint density at radius 2 is 1.69 bits per heavy atom. The first-order valence-corrected chi connectivity index (χ1v) is 9.43. The molecule has 2 aromatic carbocycles. The minimum Gasteiger partial charge on any atom is -0.348 e. The smallest absolute Gasteiger partial charge is 0.252 e. The minimum atomic E-state index is -0.590. The minimum absolute atomic E-state index is 0.0962. The van der Waals surface area contributed by atoms with E-state index in [1.54, 1.807) is 6.07 Å². The number of carbonyl (C=O) groups is 2. The predicted molar refractivity (Wildman–Crippen MR) is 101 cm³/mol. The second kappa shape index (κ2) is 6.94. The quantitative estimate of drug-likeness (QED) is 0.888. The standard InChI is InChI=1S/C22H24N2O2/c25-20-18-12-6-5-11-17(18)19(23-20)21(26)24-22(13-7-2-8-14-22)15-16-9-3-1-4-10-16/h1,3-6,9-12,19H,2,7-8,13-15H2,(H,23,25)(H,24,26)/t19-/m0/s1. The van der Waals surface area contributed by atoms with E-state index in [-0.39, 0.29) is 17.4 Å². The van der Waals surface area contributed by atoms with E-state index in [9.17, 15) is 9.59 Å². The molecule has 1 atom stereocenters. The van der Waals surface area contributed by atoms with Gasteiger partial charge in [0.1, 0.15) is 6.04 Å². The number of hydrogen-bond donors (Lipinski definition) is 2. The molecule has 2 aromatic rings. The van der Waals surface area contributed by atoms with Gasteiger partial charge in [-0.2, -0.15) is 0 Å². The van der Waals surface area contributed by atoms with E-state index >= 15 is 0 Å². The number of carbonyl (C=O) groups excluding carboxylic acids is 2. The third kappa shape index (κ3) is 3.24. The lowest BCUT2D eigenvalue weighted by atomic mass is 9.77. The van der Waals surface area contributed by atoms with Crippen LogP contribution in [-0.2, 0) is 11.2 Å². The van der Waals surface area contributed by atoms with Crippen molar-refractivity contribution in [1.82, 2.24) is 10.6 Å². The first-order valence-electron chi connectivity index (χ1n) is 9.43. The summed E-state index contributed by atoms with van der Waals surface area (Å²) in [6, 6.07) is 17.1. The highest BCUT2D eigenvalue weighted by Crippen LogP contribution is 2.33. The lowest BCUT2D eigenvalue weighted by Crippen LogP contribution is -2.53. The topological polar surface area (TPSA) is 58.2 Å². The van der Waals surface area contributed by atoms with Crippen molar-refractivity contribution in [2.24, 2.45) is 0 Å². The summed E-state index contributed by atoms with van der Waals surface area (Å²) in [7, 11) is 0. The van der Waals surface area contributed by atoms with Gasteiger partial charge in [-0.1, -0.05) is 67.8 Å². The lowest BCUT2D eigenvalue weighted by Gasteiger charge is -2.39. The van der Waals surface area contributed by atoms with Gasteiger partial charge in [-0.3, -0.25) is 9.59 Å². The summed E-state index contributed by atoms with van der Waals surface area (Å²) >= 11 is 0. The van der Waals surface area contributed by atoms with Crippen LogP contribution in [0.1, 0.15) is 59.6 Å². The molecule has 4 heteroatoms. The van der Waals surface area contributed by atoms with Gasteiger partial charge < -0.3 is 10.6 Å². The van der Waals surface area contributed by atoms with Gasteiger partial charge in [-0.25, -0.2) is 0 Å². The summed E-state index contributed by atoms with van der Waals surface area (Å²) < 4.78 is 0. The highest BCUT2D eigenvalue weighted by molar-refractivity contribution is 6.04. The molecule has 1 saturated carbocycles. The molecule has 1 aliphatic carbocycles. The van der Waals surface area contributed by atoms with Crippen LogP contribution in [0.5, 0.6) is 0 Å². The van der Waals surface area contributed by atoms with Crippen LogP contribution in [-0.4, -0.2) is 17.4 Å². The molecule has 2 amide bonds. The monoisotopic (exact) mass is 348 g/mol. The first-order chi connectivity index (χ1) is 12.7. The fourth-order valence-electron chi connectivity index (χ4n) is 4.34. The largest absolute Gasteiger partial charge is 0.348 e. The van der Waals surface area contributed by atoms with Crippen molar-refractivity contribution in [2.75, 3.05) is 0 Å². The number of amides is 2. The van der Waals surface area contributed by atoms with E-state index in [0.717, 1.165) is 37.7 Å². The summed E-state index contributed by atoms with van der Waals surface area (Å²) in [6.45, 7) is 0. The molecule has 2 aliphatic rings. The Bertz CT molecular complexity index is 810. The van der Waals surface area contributed by atoms with Crippen LogP contribution in [0.4, 0.5) is 0 Å². The molecule has 2 N–H and O–H groups in total. The molecule has 0 bridgehead atoms. The molecule has 1 heterocycles. The first kappa shape index (κ1) is 16.8. The molecule has 26 heavy (non-hydrogen) atoms. The van der Waals surface area contributed by atoms with Gasteiger partial charge in [0.2, 0.25) is 5.91 Å². The summed E-state index contributed by atoms with van der Waals surface area (Å²) in [6.07, 6.45) is 6.27. The average molecular weight is 348 g/mol. The Balaban J connectivity index is 1.56. The van der Waals surface area contributed by atoms with Crippen LogP contribution in [0.3, 0.4) is 0 Å². The predicted octanol–water partition coefficient (Wildman–Crippen LogP) is 3.53. The van der Waals surface area contributed by atoms with E-state index in [1.807, 2.05) is 36.4 Å². The van der Waals surface area contributed by atoms with Crippen LogP contribution in [0.15, 0.2) is 54.6 Å². The normalized spacial score (nSPS) is 20.9. The molecule has 0 unspecified atom stereocenters. The maximum atomic E-state index is 13.1. The lowest BCUT2D eigenvalue weighted by molar-refractivity contribution is -0.125. The second-order valence-electron chi connectivity index (χ2n) is 7.49. The molecule has 0 aromatic heterocycles. The van der Waals surface area contributed by atoms with Gasteiger partial charge in [0.25, 0.3) is 5.91 Å². The second-order valence-corrected chi connectivity index (χ2v) is 7.49. The van der Waals surface area contributed by atoms with Crippen LogP contribution >= 0.6 is 0 Å². The van der Waals surface area contributed by atoms with Gasteiger partial charge in [0, 0.05) is 11.1 Å². The fourth-order valence-corrected chi connectivity index (χ4v) is 4.34. The van der Waals surface area contributed by atoms with Gasteiger partial charge in [-0.05, 0) is 36.5 Å². The van der Waals surface area contributed by atoms with Crippen LogP contribution in [0, 0.1) is 0 Å². The number of benzene rings is 2. The summed E-state index contributed by atoms with van der Waals surface area (Å²) in [5.41, 5.74) is 2.40. The van der Waals surface area contributed by atoms with E-state index in [1.165, 1.54) is 12.0 Å². The zero-order chi connectivity index (χ0) is 18.0. The van der Waals surface area contributed by atoms with Crippen molar-refractivity contribution in [1.29, 1.82) is 0 Å². The van der Waals surface area contributed by atoms with Gasteiger partial charge >= 0.3 is 0 Å². The molecule has 4 rings (SSSR count). The Hall–Kier alpha value is -2.62. The molecular formula is C22H24N2O2. The van der Waals surface area contributed by atoms with Crippen LogP contribution in [0.2, 0.25) is 0 Å². The van der Waals surface area contributed by atoms with Crippen molar-refractivity contribution in [2.45, 2.75) is 50.1 Å². The van der Waals surface area contributed by atoms with Gasteiger partial charge in [0.05, 0.1) is 0 Å². The van der Waals surface area contributed by atoms with Crippen LogP contribution < -0.4 is 10.6 Å². The van der Waals surface area contributed by atoms with Gasteiger partial charge in [-0.15, -0.1) is 0 Å². The highest BCUT2D eigenvalue weighted by Gasteiger charge is 2.39. The number of hydrogen-bond acceptors (Lipinski definition) is 2. The Labute approximate surface area is 154 Å². The summed E-state index contributed by atoms with van der Waals surface area (Å²) in [4.78, 5) is 25.2. The molecule has 0 radical (unpaired) electrons. The van der Waals surface area contributed by atoms with Crippen molar-refractivity contribution in [3.05, 3.63) is 71.3 Å². The van der Waals surface area contributed by atoms with E-state index in [2.05, 4.69) is 22.8 Å². The van der Waals surface area contributed by atoms with E-state index in [0.29, 0.717) is 5.56 Å². The zero-order valence-corrected chi connectivity index (χ0v) is 14.8. The Kier molecular flexibility index (Phi) is 4.49. The molecule has 1 aliphatic heterocycles. The SMILES string of the molecule is O=C1N[C@H](C(=O)NC2(Cc3ccccc3)CCCCC2)c2ccccc21. The van der Waals surface area contributed by atoms with E-state index < -0.39 is 6.04 Å². The van der Waals surface area contributed by atoms with E-state index in [4.69, 9.17) is 0 Å². The molecule has 1 fully saturated rings. The summed E-state index contributed by atoms with van der Waals surface area (Å²) in [5.74, 6) is -0.261. The van der Waals surface area contributed by atoms with Gasteiger partial charge in [0.15, 0.2) is 0 Å². The highest BCUT2D eigenvalue weighted by atomic mass is 16.2. The molecular weight excluding hydrogens is 324 g/mol. The fraction of sp³-hybridized carbons (Fsp3) is 0.364. The maximum Gasteiger partial charge on any atom is 0.252 e. The molecule has 134 valence electrons. The van der Waals surface area contributed by atoms with Crippen LogP contribution in [0.25, 0.3) is 0 Å². The van der Waals surface area contributed by atoms with Crippen molar-refractivity contribution in [3.8, 4) is 0 Å². The molecule has 0 saturated heterocycles. The number of fused-ring (bicyclic) bond motifs is 1. The zero-order valence-electron chi connectivity index (χ0n) is 14.8. The number of rotatable bonds is 4. The maximum absolute atomic E-state index is 13.1. The number of nitrogens with one attached hydrogen (secondary N) is 2. The molecule has 0 spiro atoms. The van der Waals surface area contributed by atoms with Crippen molar-refractivity contribution in [3.63, 3.8) is 0 Å². The third-order valence-electron chi connectivity index (χ3n) is 5.64. The molecule has 4 nitrogen and oxygen atoms in total. The third-order valence-corrected chi connectivity index (χ3v) is 5.64. The van der Waals surface area contributed by atoms with Crippen molar-refractivity contribution < 1.29 is 9.59 Å². The Morgan fingerprint density at radius 1 is 1.00 bits per heavy atom. The van der Waals surface area contributed by atoms with Crippen molar-refractivity contribution >= 4 is 11.8 Å². The average Bonchev–Trinajstić information content (AvgIpc) is 3.00. The summed E-state index contributed by atoms with van der Waals surface area (Å²) in [5, 5.41) is 6.17.